The summed E-state index contributed by atoms with van der Waals surface area (Å²) in [6, 6.07) is 1.88. The minimum absolute atomic E-state index is 0.0593. The number of nitriles is 1. The molecule has 106 valence electrons. The molecule has 1 saturated heterocycles. The average molecular weight is 286 g/mol. The van der Waals surface area contributed by atoms with Gasteiger partial charge >= 0.3 is 0 Å². The molecular weight excluding hydrogens is 266 g/mol. The highest BCUT2D eigenvalue weighted by Crippen LogP contribution is 2.23. The molecule has 0 aromatic rings. The highest BCUT2D eigenvalue weighted by atomic mass is 35.5. The summed E-state index contributed by atoms with van der Waals surface area (Å²) in [4.78, 5) is 25.3. The van der Waals surface area contributed by atoms with Crippen molar-refractivity contribution in [3.63, 3.8) is 0 Å². The molecule has 2 amide bonds. The SMILES string of the molecule is CC(C)(CCl)C(=O)N1CCC(NC(=O)CC#N)CC1. The van der Waals surface area contributed by atoms with Crippen LogP contribution in [0.2, 0.25) is 0 Å². The second kappa shape index (κ2) is 6.76. The van der Waals surface area contributed by atoms with E-state index in [9.17, 15) is 9.59 Å². The van der Waals surface area contributed by atoms with Crippen molar-refractivity contribution >= 4 is 23.4 Å². The van der Waals surface area contributed by atoms with Gasteiger partial charge < -0.3 is 10.2 Å². The van der Waals surface area contributed by atoms with Crippen LogP contribution in [0.15, 0.2) is 0 Å². The molecule has 0 atom stereocenters. The maximum absolute atomic E-state index is 12.2. The maximum Gasteiger partial charge on any atom is 0.234 e. The van der Waals surface area contributed by atoms with E-state index in [4.69, 9.17) is 16.9 Å². The van der Waals surface area contributed by atoms with Crippen LogP contribution in [0.3, 0.4) is 0 Å². The van der Waals surface area contributed by atoms with Gasteiger partial charge in [-0.15, -0.1) is 11.6 Å². The zero-order valence-corrected chi connectivity index (χ0v) is 12.2. The molecule has 0 aliphatic carbocycles. The maximum atomic E-state index is 12.2. The number of nitrogens with zero attached hydrogens (tertiary/aromatic N) is 2. The van der Waals surface area contributed by atoms with Crippen LogP contribution in [0.25, 0.3) is 0 Å². The summed E-state index contributed by atoms with van der Waals surface area (Å²) in [5.41, 5.74) is -0.543. The first-order chi connectivity index (χ1) is 8.90. The lowest BCUT2D eigenvalue weighted by Crippen LogP contribution is -2.50. The van der Waals surface area contributed by atoms with Crippen LogP contribution in [-0.4, -0.2) is 41.7 Å². The fourth-order valence-corrected chi connectivity index (χ4v) is 2.18. The number of hydrogen-bond acceptors (Lipinski definition) is 3. The van der Waals surface area contributed by atoms with Gasteiger partial charge in [0, 0.05) is 25.0 Å². The number of piperidine rings is 1. The number of rotatable bonds is 4. The lowest BCUT2D eigenvalue weighted by molar-refractivity contribution is -0.140. The third-order valence-electron chi connectivity index (χ3n) is 3.30. The number of hydrogen-bond donors (Lipinski definition) is 1. The smallest absolute Gasteiger partial charge is 0.234 e. The van der Waals surface area contributed by atoms with Crippen molar-refractivity contribution in [3.05, 3.63) is 0 Å². The van der Waals surface area contributed by atoms with Crippen molar-refractivity contribution in [2.24, 2.45) is 5.41 Å². The zero-order chi connectivity index (χ0) is 14.5. The van der Waals surface area contributed by atoms with Gasteiger partial charge in [-0.25, -0.2) is 0 Å². The Morgan fingerprint density at radius 1 is 1.42 bits per heavy atom. The fourth-order valence-electron chi connectivity index (χ4n) is 2.06. The normalized spacial score (nSPS) is 16.8. The Morgan fingerprint density at radius 3 is 2.47 bits per heavy atom. The Hall–Kier alpha value is -1.28. The van der Waals surface area contributed by atoms with Gasteiger partial charge in [0.1, 0.15) is 6.42 Å². The third kappa shape index (κ3) is 4.39. The highest BCUT2D eigenvalue weighted by Gasteiger charge is 2.33. The Bertz CT molecular complexity index is 382. The van der Waals surface area contributed by atoms with Crippen LogP contribution in [0.1, 0.15) is 33.1 Å². The number of alkyl halides is 1. The topological polar surface area (TPSA) is 73.2 Å². The van der Waals surface area contributed by atoms with Gasteiger partial charge in [-0.1, -0.05) is 0 Å². The van der Waals surface area contributed by atoms with E-state index in [1.54, 1.807) is 4.90 Å². The molecule has 0 radical (unpaired) electrons. The number of carbonyl (C=O) groups excluding carboxylic acids is 2. The second-order valence-corrected chi connectivity index (χ2v) is 5.75. The molecule has 0 saturated carbocycles. The minimum atomic E-state index is -0.543. The first-order valence-electron chi connectivity index (χ1n) is 6.42. The monoisotopic (exact) mass is 285 g/mol. The van der Waals surface area contributed by atoms with E-state index in [1.807, 2.05) is 19.9 Å². The molecule has 0 aromatic heterocycles. The Morgan fingerprint density at radius 2 is 2.00 bits per heavy atom. The molecule has 0 spiro atoms. The standard InChI is InChI=1S/C13H20ClN3O2/c1-13(2,9-14)12(19)17-7-4-10(5-8-17)16-11(18)3-6-15/h10H,3-5,7-9H2,1-2H3,(H,16,18). The summed E-state index contributed by atoms with van der Waals surface area (Å²) >= 11 is 5.80. The number of carbonyl (C=O) groups is 2. The quantitative estimate of drug-likeness (QED) is 0.791. The van der Waals surface area contributed by atoms with Crippen molar-refractivity contribution < 1.29 is 9.59 Å². The van der Waals surface area contributed by atoms with Gasteiger partial charge in [-0.2, -0.15) is 5.26 Å². The molecule has 19 heavy (non-hydrogen) atoms. The molecule has 0 bridgehead atoms. The number of amides is 2. The van der Waals surface area contributed by atoms with E-state index in [0.717, 1.165) is 12.8 Å². The summed E-state index contributed by atoms with van der Waals surface area (Å²) in [6.07, 6.45) is 1.33. The summed E-state index contributed by atoms with van der Waals surface area (Å²) in [7, 11) is 0. The number of likely N-dealkylation sites (tertiary alicyclic amines) is 1. The van der Waals surface area contributed by atoms with Crippen molar-refractivity contribution in [1.82, 2.24) is 10.2 Å². The van der Waals surface area contributed by atoms with E-state index in [1.165, 1.54) is 0 Å². The van der Waals surface area contributed by atoms with Gasteiger partial charge in [0.15, 0.2) is 0 Å². The van der Waals surface area contributed by atoms with Gasteiger partial charge in [0.2, 0.25) is 11.8 Å². The van der Waals surface area contributed by atoms with E-state index in [-0.39, 0.29) is 24.3 Å². The summed E-state index contributed by atoms with van der Waals surface area (Å²) < 4.78 is 0. The zero-order valence-electron chi connectivity index (χ0n) is 11.4. The van der Waals surface area contributed by atoms with Crippen molar-refractivity contribution in [3.8, 4) is 6.07 Å². The van der Waals surface area contributed by atoms with Crippen LogP contribution in [0.4, 0.5) is 0 Å². The van der Waals surface area contributed by atoms with Gasteiger partial charge in [0.25, 0.3) is 0 Å². The van der Waals surface area contributed by atoms with Crippen molar-refractivity contribution in [2.45, 2.75) is 39.2 Å². The van der Waals surface area contributed by atoms with Crippen LogP contribution in [0, 0.1) is 16.7 Å². The highest BCUT2D eigenvalue weighted by molar-refractivity contribution is 6.19. The average Bonchev–Trinajstić information content (AvgIpc) is 2.39. The van der Waals surface area contributed by atoms with E-state index in [2.05, 4.69) is 5.32 Å². The largest absolute Gasteiger partial charge is 0.352 e. The molecule has 0 unspecified atom stereocenters. The number of halogens is 1. The predicted molar refractivity (Wildman–Crippen MR) is 72.5 cm³/mol. The molecule has 1 aliphatic rings. The Balaban J connectivity index is 2.43. The molecule has 1 N–H and O–H groups in total. The number of nitrogens with one attached hydrogen (secondary N) is 1. The van der Waals surface area contributed by atoms with Gasteiger partial charge in [-0.05, 0) is 26.7 Å². The third-order valence-corrected chi connectivity index (χ3v) is 3.97. The van der Waals surface area contributed by atoms with Crippen LogP contribution in [-0.2, 0) is 9.59 Å². The molecule has 5 nitrogen and oxygen atoms in total. The molecule has 1 rings (SSSR count). The summed E-state index contributed by atoms with van der Waals surface area (Å²) in [6.45, 7) is 4.92. The molecule has 1 heterocycles. The Labute approximate surface area is 118 Å². The molecular formula is C13H20ClN3O2. The lowest BCUT2D eigenvalue weighted by atomic mass is 9.92. The molecule has 1 aliphatic heterocycles. The van der Waals surface area contributed by atoms with Crippen molar-refractivity contribution in [1.29, 1.82) is 5.26 Å². The van der Waals surface area contributed by atoms with Crippen LogP contribution in [0.5, 0.6) is 0 Å². The predicted octanol–water partition coefficient (Wildman–Crippen LogP) is 1.27. The molecule has 6 heteroatoms. The summed E-state index contributed by atoms with van der Waals surface area (Å²) in [5.74, 6) is 0.114. The lowest BCUT2D eigenvalue weighted by Gasteiger charge is -2.36. The first kappa shape index (κ1) is 15.8. The molecule has 1 fully saturated rings. The summed E-state index contributed by atoms with van der Waals surface area (Å²) in [5, 5.41) is 11.2. The van der Waals surface area contributed by atoms with Gasteiger partial charge in [-0.3, -0.25) is 9.59 Å². The van der Waals surface area contributed by atoms with Crippen LogP contribution < -0.4 is 5.32 Å². The van der Waals surface area contributed by atoms with E-state index in [0.29, 0.717) is 19.0 Å². The van der Waals surface area contributed by atoms with Crippen LogP contribution >= 0.6 is 11.6 Å². The second-order valence-electron chi connectivity index (χ2n) is 5.49. The minimum Gasteiger partial charge on any atom is -0.352 e. The molecule has 0 aromatic carbocycles. The van der Waals surface area contributed by atoms with E-state index < -0.39 is 5.41 Å². The first-order valence-corrected chi connectivity index (χ1v) is 6.96. The van der Waals surface area contributed by atoms with Crippen molar-refractivity contribution in [2.75, 3.05) is 19.0 Å². The Kier molecular flexibility index (Phi) is 5.61. The fraction of sp³-hybridized carbons (Fsp3) is 0.769. The van der Waals surface area contributed by atoms with E-state index >= 15 is 0 Å². The van der Waals surface area contributed by atoms with Gasteiger partial charge in [0.05, 0.1) is 11.5 Å².